The monoisotopic (exact) mass is 487 g/mol. The normalized spacial score (nSPS) is 15.6. The van der Waals surface area contributed by atoms with E-state index in [0.29, 0.717) is 48.9 Å². The Morgan fingerprint density at radius 3 is 2.42 bits per heavy atom. The van der Waals surface area contributed by atoms with Crippen molar-refractivity contribution in [2.75, 3.05) is 13.1 Å². The van der Waals surface area contributed by atoms with Crippen molar-refractivity contribution in [1.82, 2.24) is 14.6 Å². The molecule has 33 heavy (non-hydrogen) atoms. The van der Waals surface area contributed by atoms with Crippen molar-refractivity contribution in [3.63, 3.8) is 0 Å². The van der Waals surface area contributed by atoms with E-state index in [4.69, 9.17) is 4.42 Å². The molecule has 1 fully saturated rings. The van der Waals surface area contributed by atoms with Crippen molar-refractivity contribution in [2.45, 2.75) is 52.0 Å². The number of amides is 1. The number of aromatic nitrogens is 1. The van der Waals surface area contributed by atoms with Crippen LogP contribution < -0.4 is 5.32 Å². The van der Waals surface area contributed by atoms with Gasteiger partial charge in [-0.3, -0.25) is 4.79 Å². The van der Waals surface area contributed by atoms with Crippen molar-refractivity contribution in [2.24, 2.45) is 5.92 Å². The molecule has 0 spiro atoms. The predicted molar refractivity (Wildman–Crippen MR) is 129 cm³/mol. The number of sulfonamides is 1. The number of carbonyl (C=O) groups excluding carboxylic acids is 1. The van der Waals surface area contributed by atoms with Gasteiger partial charge in [0.2, 0.25) is 15.9 Å². The Kier molecular flexibility index (Phi) is 6.74. The highest BCUT2D eigenvalue weighted by Gasteiger charge is 2.33. The SMILES string of the molecule is Cc1cc(C)c(S(=O)(=O)N2CCC(C(=O)NCc3ccc(-c4csc(C)n4)o3)CC2)c(C)c1. The Hall–Kier alpha value is -2.49. The fourth-order valence-electron chi connectivity index (χ4n) is 4.47. The summed E-state index contributed by atoms with van der Waals surface area (Å²) in [7, 11) is -3.58. The number of benzene rings is 1. The van der Waals surface area contributed by atoms with Gasteiger partial charge in [-0.2, -0.15) is 4.31 Å². The van der Waals surface area contributed by atoms with Gasteiger partial charge in [-0.05, 0) is 63.8 Å². The van der Waals surface area contributed by atoms with Gasteiger partial charge >= 0.3 is 0 Å². The highest BCUT2D eigenvalue weighted by atomic mass is 32.2. The highest BCUT2D eigenvalue weighted by molar-refractivity contribution is 7.89. The molecule has 1 N–H and O–H groups in total. The zero-order valence-corrected chi connectivity index (χ0v) is 21.0. The van der Waals surface area contributed by atoms with Crippen molar-refractivity contribution in [3.05, 3.63) is 57.1 Å². The number of hydrogen-bond acceptors (Lipinski definition) is 6. The number of carbonyl (C=O) groups is 1. The van der Waals surface area contributed by atoms with Gasteiger partial charge < -0.3 is 9.73 Å². The van der Waals surface area contributed by atoms with E-state index in [0.717, 1.165) is 27.4 Å². The van der Waals surface area contributed by atoms with Crippen molar-refractivity contribution in [3.8, 4) is 11.5 Å². The number of hydrogen-bond donors (Lipinski definition) is 1. The molecule has 1 amide bonds. The van der Waals surface area contributed by atoms with Gasteiger partial charge in [0.05, 0.1) is 16.4 Å². The minimum Gasteiger partial charge on any atom is -0.458 e. The van der Waals surface area contributed by atoms with E-state index in [-0.39, 0.29) is 11.8 Å². The smallest absolute Gasteiger partial charge is 0.243 e. The molecule has 176 valence electrons. The first kappa shape index (κ1) is 23.7. The zero-order valence-electron chi connectivity index (χ0n) is 19.3. The van der Waals surface area contributed by atoms with Gasteiger partial charge in [0, 0.05) is 24.4 Å². The highest BCUT2D eigenvalue weighted by Crippen LogP contribution is 2.29. The molecule has 0 aliphatic carbocycles. The van der Waals surface area contributed by atoms with Crippen LogP contribution in [0.25, 0.3) is 11.5 Å². The first-order valence-electron chi connectivity index (χ1n) is 11.0. The summed E-state index contributed by atoms with van der Waals surface area (Å²) in [5.41, 5.74) is 3.36. The minimum absolute atomic E-state index is 0.0720. The number of nitrogens with zero attached hydrogens (tertiary/aromatic N) is 2. The van der Waals surface area contributed by atoms with Gasteiger partial charge in [-0.25, -0.2) is 13.4 Å². The van der Waals surface area contributed by atoms with Crippen molar-refractivity contribution >= 4 is 27.3 Å². The van der Waals surface area contributed by atoms with Crippen molar-refractivity contribution < 1.29 is 17.6 Å². The van der Waals surface area contributed by atoms with Gasteiger partial charge in [0.15, 0.2) is 5.76 Å². The number of thiazole rings is 1. The predicted octanol–water partition coefficient (Wildman–Crippen LogP) is 4.35. The van der Waals surface area contributed by atoms with Crippen molar-refractivity contribution in [1.29, 1.82) is 0 Å². The van der Waals surface area contributed by atoms with Crippen LogP contribution in [-0.2, 0) is 21.4 Å². The topological polar surface area (TPSA) is 92.5 Å². The summed E-state index contributed by atoms with van der Waals surface area (Å²) >= 11 is 1.56. The van der Waals surface area contributed by atoms with E-state index >= 15 is 0 Å². The van der Waals surface area contributed by atoms with E-state index in [2.05, 4.69) is 10.3 Å². The fourth-order valence-corrected chi connectivity index (χ4v) is 6.95. The van der Waals surface area contributed by atoms with Gasteiger partial charge in [-0.15, -0.1) is 11.3 Å². The van der Waals surface area contributed by atoms with Crippen LogP contribution in [0.1, 0.15) is 40.3 Å². The lowest BCUT2D eigenvalue weighted by Gasteiger charge is -2.31. The Balaban J connectivity index is 1.33. The summed E-state index contributed by atoms with van der Waals surface area (Å²) < 4.78 is 33.8. The third-order valence-electron chi connectivity index (χ3n) is 6.00. The van der Waals surface area contributed by atoms with Crippen LogP contribution in [0.2, 0.25) is 0 Å². The molecule has 2 aromatic heterocycles. The molecule has 1 saturated heterocycles. The lowest BCUT2D eigenvalue weighted by atomic mass is 9.97. The zero-order chi connectivity index (χ0) is 23.8. The summed E-state index contributed by atoms with van der Waals surface area (Å²) in [5.74, 6) is 1.06. The van der Waals surface area contributed by atoms with Crippen LogP contribution in [0.5, 0.6) is 0 Å². The maximum absolute atomic E-state index is 13.3. The van der Waals surface area contributed by atoms with E-state index in [9.17, 15) is 13.2 Å². The molecule has 0 unspecified atom stereocenters. The second-order valence-electron chi connectivity index (χ2n) is 8.64. The standard InChI is InChI=1S/C24H29N3O4S2/c1-15-11-16(2)23(17(3)12-15)33(29,30)27-9-7-19(8-10-27)24(28)25-13-20-5-6-22(31-20)21-14-32-18(4)26-21/h5-6,11-12,14,19H,7-10,13H2,1-4H3,(H,25,28). The average molecular weight is 488 g/mol. The summed E-state index contributed by atoms with van der Waals surface area (Å²) in [6.07, 6.45) is 0.993. The Morgan fingerprint density at radius 1 is 1.15 bits per heavy atom. The summed E-state index contributed by atoms with van der Waals surface area (Å²) in [6, 6.07) is 7.49. The average Bonchev–Trinajstić information content (AvgIpc) is 3.40. The largest absolute Gasteiger partial charge is 0.458 e. The fraction of sp³-hybridized carbons (Fsp3) is 0.417. The van der Waals surface area contributed by atoms with E-state index < -0.39 is 10.0 Å². The molecule has 0 atom stereocenters. The molecule has 0 bridgehead atoms. The summed E-state index contributed by atoms with van der Waals surface area (Å²) in [4.78, 5) is 17.5. The van der Waals surface area contributed by atoms with E-state index in [1.165, 1.54) is 4.31 Å². The van der Waals surface area contributed by atoms with Crippen LogP contribution in [0.15, 0.2) is 39.0 Å². The Labute approximate surface area is 198 Å². The maximum Gasteiger partial charge on any atom is 0.243 e. The van der Waals surface area contributed by atoms with Gasteiger partial charge in [0.1, 0.15) is 11.5 Å². The van der Waals surface area contributed by atoms with E-state index in [1.54, 1.807) is 11.3 Å². The third-order valence-corrected chi connectivity index (χ3v) is 8.98. The molecular formula is C24H29N3O4S2. The molecule has 0 saturated carbocycles. The van der Waals surface area contributed by atoms with Gasteiger partial charge in [-0.1, -0.05) is 17.7 Å². The maximum atomic E-state index is 13.3. The van der Waals surface area contributed by atoms with Crippen LogP contribution in [0.4, 0.5) is 0 Å². The Bertz CT molecular complexity index is 1250. The van der Waals surface area contributed by atoms with E-state index in [1.807, 2.05) is 57.3 Å². The molecule has 9 heteroatoms. The number of furan rings is 1. The van der Waals surface area contributed by atoms with Crippen LogP contribution in [0, 0.1) is 33.6 Å². The molecule has 0 radical (unpaired) electrons. The quantitative estimate of drug-likeness (QED) is 0.558. The first-order valence-corrected chi connectivity index (χ1v) is 13.3. The molecule has 3 aromatic rings. The van der Waals surface area contributed by atoms with Gasteiger partial charge in [0.25, 0.3) is 0 Å². The molecular weight excluding hydrogens is 458 g/mol. The molecule has 1 aliphatic rings. The molecule has 1 aliphatic heterocycles. The number of piperidine rings is 1. The van der Waals surface area contributed by atoms with Crippen LogP contribution >= 0.6 is 11.3 Å². The minimum atomic E-state index is -3.58. The molecule has 4 rings (SSSR count). The lowest BCUT2D eigenvalue weighted by Crippen LogP contribution is -2.43. The molecule has 3 heterocycles. The Morgan fingerprint density at radius 2 is 1.82 bits per heavy atom. The molecule has 1 aromatic carbocycles. The number of rotatable bonds is 6. The summed E-state index contributed by atoms with van der Waals surface area (Å²) in [5, 5.41) is 5.84. The second kappa shape index (κ2) is 9.40. The van der Waals surface area contributed by atoms with Crippen LogP contribution in [0.3, 0.4) is 0 Å². The molecule has 7 nitrogen and oxygen atoms in total. The number of nitrogens with one attached hydrogen (secondary N) is 1. The number of aryl methyl sites for hydroxylation is 4. The second-order valence-corrected chi connectivity index (χ2v) is 11.6. The first-order chi connectivity index (χ1) is 15.6. The third kappa shape index (κ3) is 5.05. The van der Waals surface area contributed by atoms with Crippen LogP contribution in [-0.4, -0.2) is 36.7 Å². The lowest BCUT2D eigenvalue weighted by molar-refractivity contribution is -0.126. The summed E-state index contributed by atoms with van der Waals surface area (Å²) in [6.45, 7) is 8.54.